The summed E-state index contributed by atoms with van der Waals surface area (Å²) in [4.78, 5) is 17.3. The molecule has 1 amide bonds. The van der Waals surface area contributed by atoms with Crippen LogP contribution in [0.15, 0.2) is 54.6 Å². The van der Waals surface area contributed by atoms with Crippen LogP contribution in [-0.2, 0) is 11.2 Å². The molecule has 1 fully saturated rings. The standard InChI is InChI=1S/C24H31N3O2/c28-24(25-23-12-6-8-20-7-4-5-11-22(20)23)19-27-15-13-26(14-16-27)17-18-29-21-9-2-1-3-10-21/h1-5,7,9-11,23H,6,8,12-19H2,(H,25,28)/t23-/m1/s1. The van der Waals surface area contributed by atoms with Gasteiger partial charge in [-0.2, -0.15) is 0 Å². The second kappa shape index (κ2) is 9.90. The number of rotatable bonds is 7. The molecule has 5 heteroatoms. The fourth-order valence-corrected chi connectivity index (χ4v) is 4.33. The molecule has 1 saturated heterocycles. The summed E-state index contributed by atoms with van der Waals surface area (Å²) in [6.07, 6.45) is 3.31. The Morgan fingerprint density at radius 1 is 0.966 bits per heavy atom. The number of carbonyl (C=O) groups excluding carboxylic acids is 1. The van der Waals surface area contributed by atoms with Crippen molar-refractivity contribution in [2.75, 3.05) is 45.9 Å². The highest BCUT2D eigenvalue weighted by atomic mass is 16.5. The van der Waals surface area contributed by atoms with Crippen molar-refractivity contribution < 1.29 is 9.53 Å². The highest BCUT2D eigenvalue weighted by Gasteiger charge is 2.23. The molecule has 2 aromatic carbocycles. The minimum Gasteiger partial charge on any atom is -0.492 e. The summed E-state index contributed by atoms with van der Waals surface area (Å²) in [7, 11) is 0. The summed E-state index contributed by atoms with van der Waals surface area (Å²) in [6, 6.07) is 18.6. The number of aryl methyl sites for hydroxylation is 1. The molecule has 1 atom stereocenters. The van der Waals surface area contributed by atoms with E-state index in [0.717, 1.165) is 57.7 Å². The molecule has 4 rings (SSSR count). The maximum atomic E-state index is 12.6. The van der Waals surface area contributed by atoms with Crippen LogP contribution in [0.4, 0.5) is 0 Å². The van der Waals surface area contributed by atoms with Crippen LogP contribution in [0.25, 0.3) is 0 Å². The predicted molar refractivity (Wildman–Crippen MR) is 115 cm³/mol. The Balaban J connectivity index is 1.17. The molecule has 1 aliphatic heterocycles. The Morgan fingerprint density at radius 3 is 2.52 bits per heavy atom. The Hall–Kier alpha value is -2.37. The summed E-state index contributed by atoms with van der Waals surface area (Å²) in [5.41, 5.74) is 2.69. The molecule has 1 N–H and O–H groups in total. The lowest BCUT2D eigenvalue weighted by atomic mass is 9.88. The number of carbonyl (C=O) groups is 1. The van der Waals surface area contributed by atoms with Gasteiger partial charge in [-0.1, -0.05) is 42.5 Å². The zero-order chi connectivity index (χ0) is 19.9. The van der Waals surface area contributed by atoms with E-state index in [1.807, 2.05) is 30.3 Å². The summed E-state index contributed by atoms with van der Waals surface area (Å²) >= 11 is 0. The number of hydrogen-bond acceptors (Lipinski definition) is 4. The van der Waals surface area contributed by atoms with Gasteiger partial charge in [0, 0.05) is 32.7 Å². The van der Waals surface area contributed by atoms with Crippen LogP contribution in [0.2, 0.25) is 0 Å². The molecule has 5 nitrogen and oxygen atoms in total. The fraction of sp³-hybridized carbons (Fsp3) is 0.458. The first-order valence-corrected chi connectivity index (χ1v) is 10.8. The lowest BCUT2D eigenvalue weighted by Crippen LogP contribution is -2.50. The van der Waals surface area contributed by atoms with Crippen LogP contribution in [0.3, 0.4) is 0 Å². The molecule has 154 valence electrons. The van der Waals surface area contributed by atoms with Gasteiger partial charge in [-0.3, -0.25) is 14.6 Å². The molecule has 0 bridgehead atoms. The molecule has 0 radical (unpaired) electrons. The molecule has 29 heavy (non-hydrogen) atoms. The Labute approximate surface area is 173 Å². The molecule has 0 saturated carbocycles. The third-order valence-corrected chi connectivity index (χ3v) is 5.96. The number of hydrogen-bond donors (Lipinski definition) is 1. The monoisotopic (exact) mass is 393 g/mol. The quantitative estimate of drug-likeness (QED) is 0.786. The van der Waals surface area contributed by atoms with Crippen LogP contribution in [0.1, 0.15) is 30.0 Å². The summed E-state index contributed by atoms with van der Waals surface area (Å²) in [6.45, 7) is 5.95. The lowest BCUT2D eigenvalue weighted by molar-refractivity contribution is -0.123. The van der Waals surface area contributed by atoms with E-state index in [0.29, 0.717) is 13.2 Å². The van der Waals surface area contributed by atoms with Gasteiger partial charge in [0.05, 0.1) is 12.6 Å². The topological polar surface area (TPSA) is 44.8 Å². The number of amides is 1. The van der Waals surface area contributed by atoms with E-state index >= 15 is 0 Å². The number of para-hydroxylation sites is 1. The van der Waals surface area contributed by atoms with E-state index < -0.39 is 0 Å². The number of nitrogens with one attached hydrogen (secondary N) is 1. The van der Waals surface area contributed by atoms with Gasteiger partial charge >= 0.3 is 0 Å². The van der Waals surface area contributed by atoms with Gasteiger partial charge in [-0.25, -0.2) is 0 Å². The number of fused-ring (bicyclic) bond motifs is 1. The number of piperazine rings is 1. The molecular formula is C24H31N3O2. The van der Waals surface area contributed by atoms with Crippen molar-refractivity contribution in [3.05, 3.63) is 65.7 Å². The average molecular weight is 394 g/mol. The van der Waals surface area contributed by atoms with E-state index in [1.54, 1.807) is 0 Å². The maximum absolute atomic E-state index is 12.6. The Kier molecular flexibility index (Phi) is 6.80. The summed E-state index contributed by atoms with van der Waals surface area (Å²) in [5.74, 6) is 1.07. The second-order valence-corrected chi connectivity index (χ2v) is 7.99. The van der Waals surface area contributed by atoms with Crippen molar-refractivity contribution in [1.82, 2.24) is 15.1 Å². The van der Waals surface area contributed by atoms with Gasteiger partial charge in [-0.05, 0) is 42.5 Å². The summed E-state index contributed by atoms with van der Waals surface area (Å²) < 4.78 is 5.79. The van der Waals surface area contributed by atoms with Gasteiger partial charge in [-0.15, -0.1) is 0 Å². The van der Waals surface area contributed by atoms with Gasteiger partial charge < -0.3 is 10.1 Å². The normalized spacial score (nSPS) is 20.1. The third-order valence-electron chi connectivity index (χ3n) is 5.96. The SMILES string of the molecule is O=C(CN1CCN(CCOc2ccccc2)CC1)N[C@@H]1CCCc2ccccc21. The minimum absolute atomic E-state index is 0.146. The van der Waals surface area contributed by atoms with Crippen LogP contribution in [0.5, 0.6) is 5.75 Å². The molecule has 2 aromatic rings. The fourth-order valence-electron chi connectivity index (χ4n) is 4.33. The molecule has 0 unspecified atom stereocenters. The van der Waals surface area contributed by atoms with Crippen molar-refractivity contribution in [2.45, 2.75) is 25.3 Å². The van der Waals surface area contributed by atoms with E-state index in [9.17, 15) is 4.79 Å². The van der Waals surface area contributed by atoms with E-state index in [-0.39, 0.29) is 11.9 Å². The highest BCUT2D eigenvalue weighted by molar-refractivity contribution is 5.78. The minimum atomic E-state index is 0.146. The molecule has 1 aliphatic carbocycles. The van der Waals surface area contributed by atoms with E-state index in [1.165, 1.54) is 11.1 Å². The van der Waals surface area contributed by atoms with Gasteiger partial charge in [0.2, 0.25) is 5.91 Å². The first-order chi connectivity index (χ1) is 14.3. The largest absolute Gasteiger partial charge is 0.492 e. The van der Waals surface area contributed by atoms with Crippen molar-refractivity contribution >= 4 is 5.91 Å². The van der Waals surface area contributed by atoms with Crippen LogP contribution >= 0.6 is 0 Å². The Bertz CT molecular complexity index is 788. The van der Waals surface area contributed by atoms with Crippen molar-refractivity contribution in [3.63, 3.8) is 0 Å². The van der Waals surface area contributed by atoms with Crippen LogP contribution < -0.4 is 10.1 Å². The first-order valence-electron chi connectivity index (χ1n) is 10.8. The zero-order valence-electron chi connectivity index (χ0n) is 17.1. The predicted octanol–water partition coefficient (Wildman–Crippen LogP) is 2.88. The van der Waals surface area contributed by atoms with E-state index in [4.69, 9.17) is 4.74 Å². The molecule has 2 aliphatic rings. The van der Waals surface area contributed by atoms with Gasteiger partial charge in [0.25, 0.3) is 0 Å². The van der Waals surface area contributed by atoms with Crippen molar-refractivity contribution in [3.8, 4) is 5.75 Å². The molecule has 0 spiro atoms. The molecule has 1 heterocycles. The lowest BCUT2D eigenvalue weighted by Gasteiger charge is -2.34. The van der Waals surface area contributed by atoms with Crippen molar-refractivity contribution in [1.29, 1.82) is 0 Å². The average Bonchev–Trinajstić information content (AvgIpc) is 2.76. The zero-order valence-corrected chi connectivity index (χ0v) is 17.1. The van der Waals surface area contributed by atoms with Gasteiger partial charge in [0.1, 0.15) is 12.4 Å². The first kappa shape index (κ1) is 19.9. The summed E-state index contributed by atoms with van der Waals surface area (Å²) in [5, 5.41) is 3.27. The number of benzene rings is 2. The smallest absolute Gasteiger partial charge is 0.234 e. The van der Waals surface area contributed by atoms with Gasteiger partial charge in [0.15, 0.2) is 0 Å². The maximum Gasteiger partial charge on any atom is 0.234 e. The molecular weight excluding hydrogens is 362 g/mol. The van der Waals surface area contributed by atoms with E-state index in [2.05, 4.69) is 39.4 Å². The van der Waals surface area contributed by atoms with Crippen LogP contribution in [0, 0.1) is 0 Å². The second-order valence-electron chi connectivity index (χ2n) is 7.99. The van der Waals surface area contributed by atoms with Crippen LogP contribution in [-0.4, -0.2) is 61.6 Å². The molecule has 0 aromatic heterocycles. The number of ether oxygens (including phenoxy) is 1. The highest BCUT2D eigenvalue weighted by Crippen LogP contribution is 2.29. The number of nitrogens with zero attached hydrogens (tertiary/aromatic N) is 2. The Morgan fingerprint density at radius 2 is 1.69 bits per heavy atom. The third kappa shape index (κ3) is 5.58. The van der Waals surface area contributed by atoms with Crippen molar-refractivity contribution in [2.24, 2.45) is 0 Å².